The second kappa shape index (κ2) is 6.86. The van der Waals surface area contributed by atoms with Gasteiger partial charge in [0, 0.05) is 12.1 Å². The highest BCUT2D eigenvalue weighted by Crippen LogP contribution is 2.22. The molecule has 0 aromatic heterocycles. The van der Waals surface area contributed by atoms with E-state index in [9.17, 15) is 4.39 Å². The van der Waals surface area contributed by atoms with Gasteiger partial charge in [0.15, 0.2) is 0 Å². The maximum Gasteiger partial charge on any atom is 0.128 e. The third-order valence-electron chi connectivity index (χ3n) is 3.47. The van der Waals surface area contributed by atoms with Crippen molar-refractivity contribution in [1.82, 2.24) is 5.32 Å². The average Bonchev–Trinajstić information content (AvgIpc) is 2.89. The van der Waals surface area contributed by atoms with Crippen molar-refractivity contribution in [2.24, 2.45) is 0 Å². The van der Waals surface area contributed by atoms with E-state index in [4.69, 9.17) is 4.74 Å². The molecule has 2 nitrogen and oxygen atoms in total. The summed E-state index contributed by atoms with van der Waals surface area (Å²) < 4.78 is 19.4. The molecule has 0 unspecified atom stereocenters. The maximum atomic E-state index is 13.7. The fourth-order valence-electron chi connectivity index (χ4n) is 2.38. The third-order valence-corrected chi connectivity index (χ3v) is 3.47. The Kier molecular flexibility index (Phi) is 5.14. The standard InChI is InChI=1S/C15H22FNO/c1-2-17-10-12-7-8-15(16)13(9-12)11-18-14-5-3-4-6-14/h7-9,14,17H,2-6,10-11H2,1H3. The third kappa shape index (κ3) is 3.79. The topological polar surface area (TPSA) is 21.3 Å². The molecule has 0 heterocycles. The SMILES string of the molecule is CCNCc1ccc(F)c(COC2CCCC2)c1. The summed E-state index contributed by atoms with van der Waals surface area (Å²) in [4.78, 5) is 0. The van der Waals surface area contributed by atoms with Crippen LogP contribution in [0, 0.1) is 5.82 Å². The largest absolute Gasteiger partial charge is 0.373 e. The number of ether oxygens (including phenoxy) is 1. The van der Waals surface area contributed by atoms with Crippen LogP contribution in [0.5, 0.6) is 0 Å². The van der Waals surface area contributed by atoms with Gasteiger partial charge in [0.05, 0.1) is 12.7 Å². The van der Waals surface area contributed by atoms with Crippen molar-refractivity contribution in [3.05, 3.63) is 35.1 Å². The first-order valence-corrected chi connectivity index (χ1v) is 6.89. The first-order valence-electron chi connectivity index (χ1n) is 6.89. The molecule has 1 aliphatic carbocycles. The van der Waals surface area contributed by atoms with Crippen molar-refractivity contribution in [3.8, 4) is 0 Å². The van der Waals surface area contributed by atoms with Gasteiger partial charge in [-0.15, -0.1) is 0 Å². The van der Waals surface area contributed by atoms with Gasteiger partial charge in [-0.1, -0.05) is 25.8 Å². The van der Waals surface area contributed by atoms with Crippen LogP contribution in [0.15, 0.2) is 18.2 Å². The van der Waals surface area contributed by atoms with E-state index in [1.54, 1.807) is 6.07 Å². The van der Waals surface area contributed by atoms with Gasteiger partial charge in [0.1, 0.15) is 5.82 Å². The summed E-state index contributed by atoms with van der Waals surface area (Å²) in [7, 11) is 0. The lowest BCUT2D eigenvalue weighted by atomic mass is 10.1. The molecule has 0 amide bonds. The van der Waals surface area contributed by atoms with Crippen molar-refractivity contribution >= 4 is 0 Å². The summed E-state index contributed by atoms with van der Waals surface area (Å²) in [6.07, 6.45) is 5.07. The van der Waals surface area contributed by atoms with Gasteiger partial charge >= 0.3 is 0 Å². The van der Waals surface area contributed by atoms with Gasteiger partial charge < -0.3 is 10.1 Å². The molecule has 0 bridgehead atoms. The van der Waals surface area contributed by atoms with Crippen molar-refractivity contribution in [2.75, 3.05) is 6.54 Å². The molecular weight excluding hydrogens is 229 g/mol. The molecule has 1 N–H and O–H groups in total. The van der Waals surface area contributed by atoms with Gasteiger partial charge in [0.25, 0.3) is 0 Å². The van der Waals surface area contributed by atoms with Crippen LogP contribution in [0.1, 0.15) is 43.7 Å². The molecule has 0 radical (unpaired) electrons. The molecule has 1 saturated carbocycles. The van der Waals surface area contributed by atoms with Gasteiger partial charge in [-0.05, 0) is 37.1 Å². The van der Waals surface area contributed by atoms with E-state index in [-0.39, 0.29) is 5.82 Å². The Bertz CT molecular complexity index is 375. The van der Waals surface area contributed by atoms with E-state index in [2.05, 4.69) is 12.2 Å². The van der Waals surface area contributed by atoms with Crippen LogP contribution in [0.25, 0.3) is 0 Å². The highest BCUT2D eigenvalue weighted by Gasteiger charge is 2.16. The number of rotatable bonds is 6. The molecule has 1 aromatic carbocycles. The molecule has 1 fully saturated rings. The van der Waals surface area contributed by atoms with Crippen LogP contribution >= 0.6 is 0 Å². The van der Waals surface area contributed by atoms with Crippen molar-refractivity contribution in [2.45, 2.75) is 51.9 Å². The van der Waals surface area contributed by atoms with Gasteiger partial charge in [-0.25, -0.2) is 4.39 Å². The Labute approximate surface area is 109 Å². The number of benzene rings is 1. The van der Waals surface area contributed by atoms with Crippen LogP contribution in [0.3, 0.4) is 0 Å². The van der Waals surface area contributed by atoms with E-state index in [1.807, 2.05) is 12.1 Å². The Morgan fingerprint density at radius 1 is 1.33 bits per heavy atom. The maximum absolute atomic E-state index is 13.7. The summed E-state index contributed by atoms with van der Waals surface area (Å²) in [6, 6.07) is 5.28. The molecular formula is C15H22FNO. The predicted molar refractivity (Wildman–Crippen MR) is 70.8 cm³/mol. The van der Waals surface area contributed by atoms with E-state index >= 15 is 0 Å². The molecule has 18 heavy (non-hydrogen) atoms. The quantitative estimate of drug-likeness (QED) is 0.836. The minimum atomic E-state index is -0.159. The molecule has 100 valence electrons. The molecule has 2 rings (SSSR count). The zero-order valence-electron chi connectivity index (χ0n) is 11.0. The monoisotopic (exact) mass is 251 g/mol. The molecule has 0 atom stereocenters. The van der Waals surface area contributed by atoms with E-state index in [1.165, 1.54) is 12.8 Å². The molecule has 0 spiro atoms. The zero-order chi connectivity index (χ0) is 12.8. The van der Waals surface area contributed by atoms with E-state index < -0.39 is 0 Å². The Hall–Kier alpha value is -0.930. The van der Waals surface area contributed by atoms with Gasteiger partial charge in [-0.2, -0.15) is 0 Å². The van der Waals surface area contributed by atoms with Crippen molar-refractivity contribution in [1.29, 1.82) is 0 Å². The molecule has 0 aliphatic heterocycles. The van der Waals surface area contributed by atoms with Gasteiger partial charge in [0.2, 0.25) is 0 Å². The first-order chi connectivity index (χ1) is 8.79. The van der Waals surface area contributed by atoms with Crippen LogP contribution in [-0.4, -0.2) is 12.6 Å². The summed E-state index contributed by atoms with van der Waals surface area (Å²) in [5.41, 5.74) is 1.79. The second-order valence-electron chi connectivity index (χ2n) is 4.92. The molecule has 3 heteroatoms. The fraction of sp³-hybridized carbons (Fsp3) is 0.600. The summed E-state index contributed by atoms with van der Waals surface area (Å²) in [5.74, 6) is -0.159. The lowest BCUT2D eigenvalue weighted by Gasteiger charge is -2.12. The van der Waals surface area contributed by atoms with Crippen LogP contribution in [0.4, 0.5) is 4.39 Å². The highest BCUT2D eigenvalue weighted by molar-refractivity contribution is 5.24. The van der Waals surface area contributed by atoms with Crippen molar-refractivity contribution < 1.29 is 9.13 Å². The Morgan fingerprint density at radius 3 is 2.83 bits per heavy atom. The smallest absolute Gasteiger partial charge is 0.128 e. The molecule has 1 aromatic rings. The van der Waals surface area contributed by atoms with E-state index in [0.717, 1.165) is 31.5 Å². The van der Waals surface area contributed by atoms with Crippen molar-refractivity contribution in [3.63, 3.8) is 0 Å². The van der Waals surface area contributed by atoms with Crippen LogP contribution in [0.2, 0.25) is 0 Å². The number of nitrogens with one attached hydrogen (secondary N) is 1. The van der Waals surface area contributed by atoms with E-state index in [0.29, 0.717) is 18.3 Å². The second-order valence-corrected chi connectivity index (χ2v) is 4.92. The minimum absolute atomic E-state index is 0.159. The molecule has 0 saturated heterocycles. The average molecular weight is 251 g/mol. The number of hydrogen-bond acceptors (Lipinski definition) is 2. The van der Waals surface area contributed by atoms with Crippen LogP contribution < -0.4 is 5.32 Å². The molecule has 1 aliphatic rings. The minimum Gasteiger partial charge on any atom is -0.373 e. The Morgan fingerprint density at radius 2 is 2.11 bits per heavy atom. The Balaban J connectivity index is 1.92. The lowest BCUT2D eigenvalue weighted by molar-refractivity contribution is 0.0441. The first kappa shape index (κ1) is 13.5. The van der Waals surface area contributed by atoms with Crippen LogP contribution in [-0.2, 0) is 17.9 Å². The fourth-order valence-corrected chi connectivity index (χ4v) is 2.38. The normalized spacial score (nSPS) is 16.3. The number of halogens is 1. The lowest BCUT2D eigenvalue weighted by Crippen LogP contribution is -2.13. The summed E-state index contributed by atoms with van der Waals surface area (Å²) in [6.45, 7) is 4.17. The highest BCUT2D eigenvalue weighted by atomic mass is 19.1. The summed E-state index contributed by atoms with van der Waals surface area (Å²) in [5, 5.41) is 3.25. The predicted octanol–water partition coefficient (Wildman–Crippen LogP) is 3.39. The zero-order valence-corrected chi connectivity index (χ0v) is 11.0. The number of hydrogen-bond donors (Lipinski definition) is 1. The van der Waals surface area contributed by atoms with Gasteiger partial charge in [-0.3, -0.25) is 0 Å². The summed E-state index contributed by atoms with van der Waals surface area (Å²) >= 11 is 0.